The molecule has 3 amide bonds. The fourth-order valence-corrected chi connectivity index (χ4v) is 4.85. The Balaban J connectivity index is 1.46. The van der Waals surface area contributed by atoms with Crippen LogP contribution in [0.25, 0.3) is 0 Å². The van der Waals surface area contributed by atoms with E-state index in [1.807, 2.05) is 0 Å². The Labute approximate surface area is 197 Å². The van der Waals surface area contributed by atoms with Gasteiger partial charge in [0, 0.05) is 25.7 Å². The maximum atomic E-state index is 13.4. The first-order valence-electron chi connectivity index (χ1n) is 11.5. The monoisotopic (exact) mass is 466 g/mol. The van der Waals surface area contributed by atoms with Gasteiger partial charge < -0.3 is 9.64 Å². The van der Waals surface area contributed by atoms with Gasteiger partial charge in [-0.25, -0.2) is 4.39 Å². The number of piperidine rings is 1. The first-order valence-corrected chi connectivity index (χ1v) is 11.5. The van der Waals surface area contributed by atoms with Gasteiger partial charge in [-0.2, -0.15) is 0 Å². The molecule has 0 unspecified atom stereocenters. The number of likely N-dealkylation sites (tertiary alicyclic amines) is 1. The fourth-order valence-electron chi connectivity index (χ4n) is 4.85. The second-order valence-corrected chi connectivity index (χ2v) is 8.73. The summed E-state index contributed by atoms with van der Waals surface area (Å²) >= 11 is 0. The summed E-state index contributed by atoms with van der Waals surface area (Å²) in [5.41, 5.74) is 1.81. The van der Waals surface area contributed by atoms with Crippen LogP contribution in [0.5, 0.6) is 0 Å². The van der Waals surface area contributed by atoms with Gasteiger partial charge in [-0.15, -0.1) is 0 Å². The average Bonchev–Trinajstić information content (AvgIpc) is 3.06. The van der Waals surface area contributed by atoms with Gasteiger partial charge in [-0.1, -0.05) is 12.1 Å². The molecule has 8 heteroatoms. The van der Waals surface area contributed by atoms with Crippen LogP contribution in [0.3, 0.4) is 0 Å². The number of nitrogens with zero attached hydrogens (tertiary/aromatic N) is 2. The number of fused-ring (bicyclic) bond motifs is 1. The highest BCUT2D eigenvalue weighted by atomic mass is 19.1. The molecule has 2 aliphatic rings. The molecular formula is C26H27FN2O5. The summed E-state index contributed by atoms with van der Waals surface area (Å²) < 4.78 is 18.6. The molecule has 2 aromatic carbocycles. The van der Waals surface area contributed by atoms with Gasteiger partial charge >= 0.3 is 5.97 Å². The van der Waals surface area contributed by atoms with Crippen LogP contribution in [0.4, 0.5) is 4.39 Å². The molecule has 0 bridgehead atoms. The van der Waals surface area contributed by atoms with Crippen molar-refractivity contribution in [1.82, 2.24) is 9.80 Å². The van der Waals surface area contributed by atoms with Crippen LogP contribution in [0.1, 0.15) is 68.7 Å². The summed E-state index contributed by atoms with van der Waals surface area (Å²) in [6, 6.07) is 10.8. The highest BCUT2D eigenvalue weighted by Gasteiger charge is 2.35. The van der Waals surface area contributed by atoms with Gasteiger partial charge in [0.05, 0.1) is 24.2 Å². The van der Waals surface area contributed by atoms with Crippen molar-refractivity contribution in [3.05, 3.63) is 70.5 Å². The van der Waals surface area contributed by atoms with E-state index in [4.69, 9.17) is 4.74 Å². The van der Waals surface area contributed by atoms with E-state index in [1.165, 1.54) is 31.3 Å². The minimum absolute atomic E-state index is 0.129. The standard InChI is InChI=1S/C26H27FN2O5/c1-3-34-23(30)15-21(16-4-7-19(27)8-5-16)17-10-12-29(13-11-17)24(31)18-6-9-20-22(14-18)26(33)28(2)25(20)32/h4-9,14,17,21H,3,10-13,15H2,1-2H3/t21-/m1/s1. The Morgan fingerprint density at radius 1 is 1.03 bits per heavy atom. The van der Waals surface area contributed by atoms with Crippen LogP contribution in [0.15, 0.2) is 42.5 Å². The number of hydrogen-bond donors (Lipinski definition) is 0. The average molecular weight is 467 g/mol. The molecule has 2 aromatic rings. The molecule has 1 fully saturated rings. The topological polar surface area (TPSA) is 84.0 Å². The minimum Gasteiger partial charge on any atom is -0.466 e. The number of rotatable bonds is 6. The molecule has 0 aromatic heterocycles. The first kappa shape index (κ1) is 23.6. The molecule has 2 heterocycles. The van der Waals surface area contributed by atoms with Crippen LogP contribution in [0, 0.1) is 11.7 Å². The van der Waals surface area contributed by atoms with Crippen molar-refractivity contribution in [3.8, 4) is 0 Å². The van der Waals surface area contributed by atoms with E-state index in [0.29, 0.717) is 43.7 Å². The number of esters is 1. The summed E-state index contributed by atoms with van der Waals surface area (Å²) in [6.07, 6.45) is 1.56. The fraction of sp³-hybridized carbons (Fsp3) is 0.385. The van der Waals surface area contributed by atoms with Crippen molar-refractivity contribution >= 4 is 23.7 Å². The zero-order valence-corrected chi connectivity index (χ0v) is 19.3. The number of ether oxygens (including phenoxy) is 1. The SMILES string of the molecule is CCOC(=O)C[C@H](c1ccc(F)cc1)C1CCN(C(=O)c2ccc3c(c2)C(=O)N(C)C3=O)CC1. The Bertz CT molecular complexity index is 1120. The summed E-state index contributed by atoms with van der Waals surface area (Å²) in [4.78, 5) is 52.5. The predicted molar refractivity (Wildman–Crippen MR) is 122 cm³/mol. The molecule has 1 saturated heterocycles. The molecule has 4 rings (SSSR count). The number of halogens is 1. The van der Waals surface area contributed by atoms with E-state index in [-0.39, 0.29) is 47.4 Å². The van der Waals surface area contributed by atoms with Crippen molar-refractivity contribution in [3.63, 3.8) is 0 Å². The highest BCUT2D eigenvalue weighted by molar-refractivity contribution is 6.21. The number of hydrogen-bond acceptors (Lipinski definition) is 5. The van der Waals surface area contributed by atoms with E-state index < -0.39 is 5.91 Å². The number of benzene rings is 2. The smallest absolute Gasteiger partial charge is 0.306 e. The quantitative estimate of drug-likeness (QED) is 0.480. The summed E-state index contributed by atoms with van der Waals surface area (Å²) in [5.74, 6) is -1.59. The van der Waals surface area contributed by atoms with Crippen LogP contribution in [-0.4, -0.2) is 60.2 Å². The molecule has 7 nitrogen and oxygen atoms in total. The third-order valence-electron chi connectivity index (χ3n) is 6.72. The first-order chi connectivity index (χ1) is 16.3. The zero-order chi connectivity index (χ0) is 24.4. The second kappa shape index (κ2) is 9.75. The lowest BCUT2D eigenvalue weighted by atomic mass is 9.78. The van der Waals surface area contributed by atoms with Crippen LogP contribution in [0.2, 0.25) is 0 Å². The van der Waals surface area contributed by atoms with Crippen LogP contribution in [-0.2, 0) is 9.53 Å². The van der Waals surface area contributed by atoms with Crippen molar-refractivity contribution < 1.29 is 28.3 Å². The minimum atomic E-state index is -0.408. The van der Waals surface area contributed by atoms with E-state index in [2.05, 4.69) is 0 Å². The zero-order valence-electron chi connectivity index (χ0n) is 19.3. The van der Waals surface area contributed by atoms with Crippen molar-refractivity contribution in [1.29, 1.82) is 0 Å². The number of carbonyl (C=O) groups excluding carboxylic acids is 4. The number of amides is 3. The molecule has 1 atom stereocenters. The van der Waals surface area contributed by atoms with Gasteiger partial charge in [-0.05, 0) is 67.5 Å². The van der Waals surface area contributed by atoms with E-state index in [0.717, 1.165) is 10.5 Å². The van der Waals surface area contributed by atoms with Crippen molar-refractivity contribution in [2.24, 2.45) is 5.92 Å². The second-order valence-electron chi connectivity index (χ2n) is 8.73. The van der Waals surface area contributed by atoms with E-state index in [9.17, 15) is 23.6 Å². The normalized spacial score (nSPS) is 17.0. The van der Waals surface area contributed by atoms with Crippen molar-refractivity contribution in [2.75, 3.05) is 26.7 Å². The van der Waals surface area contributed by atoms with E-state index >= 15 is 0 Å². The number of imide groups is 1. The molecule has 0 radical (unpaired) electrons. The Morgan fingerprint density at radius 2 is 1.68 bits per heavy atom. The summed E-state index contributed by atoms with van der Waals surface area (Å²) in [7, 11) is 1.42. The Kier molecular flexibility index (Phi) is 6.77. The molecule has 0 N–H and O–H groups in total. The van der Waals surface area contributed by atoms with E-state index in [1.54, 1.807) is 30.0 Å². The molecule has 0 saturated carbocycles. The van der Waals surface area contributed by atoms with Crippen LogP contribution >= 0.6 is 0 Å². The van der Waals surface area contributed by atoms with Gasteiger partial charge in [-0.3, -0.25) is 24.1 Å². The van der Waals surface area contributed by atoms with Crippen molar-refractivity contribution in [2.45, 2.75) is 32.1 Å². The molecular weight excluding hydrogens is 439 g/mol. The third kappa shape index (κ3) is 4.58. The molecule has 0 aliphatic carbocycles. The lowest BCUT2D eigenvalue weighted by Crippen LogP contribution is -2.40. The lowest BCUT2D eigenvalue weighted by Gasteiger charge is -2.36. The summed E-state index contributed by atoms with van der Waals surface area (Å²) in [5, 5.41) is 0. The third-order valence-corrected chi connectivity index (χ3v) is 6.72. The molecule has 0 spiro atoms. The predicted octanol–water partition coefficient (Wildman–Crippen LogP) is 3.64. The van der Waals surface area contributed by atoms with Gasteiger partial charge in [0.15, 0.2) is 0 Å². The maximum Gasteiger partial charge on any atom is 0.306 e. The molecule has 2 aliphatic heterocycles. The number of carbonyl (C=O) groups is 4. The van der Waals surface area contributed by atoms with Crippen LogP contribution < -0.4 is 0 Å². The Hall–Kier alpha value is -3.55. The largest absolute Gasteiger partial charge is 0.466 e. The lowest BCUT2D eigenvalue weighted by molar-refractivity contribution is -0.144. The highest BCUT2D eigenvalue weighted by Crippen LogP contribution is 2.36. The molecule has 34 heavy (non-hydrogen) atoms. The van der Waals surface area contributed by atoms with Gasteiger partial charge in [0.1, 0.15) is 5.82 Å². The van der Waals surface area contributed by atoms with Gasteiger partial charge in [0.25, 0.3) is 17.7 Å². The summed E-state index contributed by atoms with van der Waals surface area (Å²) in [6.45, 7) is 3.05. The van der Waals surface area contributed by atoms with Gasteiger partial charge in [0.2, 0.25) is 0 Å². The molecule has 178 valence electrons. The maximum absolute atomic E-state index is 13.4. The Morgan fingerprint density at radius 3 is 2.32 bits per heavy atom.